The molecule has 4 N–H and O–H groups in total. The highest BCUT2D eigenvalue weighted by Gasteiger charge is 2.11. The van der Waals surface area contributed by atoms with E-state index in [2.05, 4.69) is 10.2 Å². The van der Waals surface area contributed by atoms with Crippen LogP contribution in [0, 0.1) is 0 Å². The van der Waals surface area contributed by atoms with Crippen LogP contribution >= 0.6 is 0 Å². The molecular weight excluding hydrogens is 440 g/mol. The van der Waals surface area contributed by atoms with Gasteiger partial charge < -0.3 is 25.4 Å². The SMILES string of the molecule is NCc1cccc(Oc2ccc(-c3nnc(-c4ccc(Oc5cccc(CN)c5)cc4)o3)cc2)c1. The van der Waals surface area contributed by atoms with E-state index in [0.29, 0.717) is 36.4 Å². The fraction of sp³-hybridized carbons (Fsp3) is 0.0714. The largest absolute Gasteiger partial charge is 0.457 e. The molecule has 0 atom stereocenters. The molecule has 5 aromatic rings. The molecule has 0 amide bonds. The maximum Gasteiger partial charge on any atom is 0.248 e. The van der Waals surface area contributed by atoms with Gasteiger partial charge in [-0.1, -0.05) is 24.3 Å². The molecule has 0 saturated carbocycles. The normalized spacial score (nSPS) is 10.8. The number of hydrogen-bond acceptors (Lipinski definition) is 7. The van der Waals surface area contributed by atoms with E-state index >= 15 is 0 Å². The maximum atomic E-state index is 5.91. The monoisotopic (exact) mass is 464 g/mol. The lowest BCUT2D eigenvalue weighted by molar-refractivity contribution is 0.482. The van der Waals surface area contributed by atoms with Gasteiger partial charge in [-0.25, -0.2) is 0 Å². The Labute approximate surface area is 202 Å². The average molecular weight is 465 g/mol. The summed E-state index contributed by atoms with van der Waals surface area (Å²) in [6, 6.07) is 30.4. The van der Waals surface area contributed by atoms with E-state index < -0.39 is 0 Å². The molecule has 174 valence electrons. The first kappa shape index (κ1) is 22.3. The Hall–Kier alpha value is -4.46. The summed E-state index contributed by atoms with van der Waals surface area (Å²) < 4.78 is 17.7. The highest BCUT2D eigenvalue weighted by molar-refractivity contribution is 5.59. The zero-order valence-electron chi connectivity index (χ0n) is 18.9. The van der Waals surface area contributed by atoms with Crippen molar-refractivity contribution in [2.45, 2.75) is 13.1 Å². The van der Waals surface area contributed by atoms with Crippen molar-refractivity contribution < 1.29 is 13.9 Å². The Bertz CT molecular complexity index is 1310. The number of nitrogens with zero attached hydrogens (tertiary/aromatic N) is 2. The third-order valence-corrected chi connectivity index (χ3v) is 5.37. The molecule has 0 saturated heterocycles. The van der Waals surface area contributed by atoms with Crippen LogP contribution in [-0.4, -0.2) is 10.2 Å². The highest BCUT2D eigenvalue weighted by Crippen LogP contribution is 2.29. The number of nitrogens with two attached hydrogens (primary N) is 2. The lowest BCUT2D eigenvalue weighted by atomic mass is 10.2. The minimum absolute atomic E-state index is 0.426. The van der Waals surface area contributed by atoms with Crippen molar-refractivity contribution >= 4 is 0 Å². The van der Waals surface area contributed by atoms with Gasteiger partial charge in [-0.05, 0) is 83.9 Å². The Morgan fingerprint density at radius 2 is 0.971 bits per heavy atom. The molecule has 0 bridgehead atoms. The van der Waals surface area contributed by atoms with Crippen molar-refractivity contribution in [3.8, 4) is 45.9 Å². The Kier molecular flexibility index (Phi) is 6.52. The zero-order valence-corrected chi connectivity index (χ0v) is 18.9. The number of aromatic nitrogens is 2. The Morgan fingerprint density at radius 3 is 1.37 bits per heavy atom. The highest BCUT2D eigenvalue weighted by atomic mass is 16.5. The Balaban J connectivity index is 1.26. The van der Waals surface area contributed by atoms with Gasteiger partial charge >= 0.3 is 0 Å². The van der Waals surface area contributed by atoms with Crippen molar-refractivity contribution in [1.29, 1.82) is 0 Å². The maximum absolute atomic E-state index is 5.91. The molecule has 1 heterocycles. The second-order valence-corrected chi connectivity index (χ2v) is 7.87. The lowest BCUT2D eigenvalue weighted by Crippen LogP contribution is -1.96. The molecule has 0 spiro atoms. The van der Waals surface area contributed by atoms with E-state index in [4.69, 9.17) is 25.4 Å². The number of ether oxygens (including phenoxy) is 2. The van der Waals surface area contributed by atoms with E-state index in [9.17, 15) is 0 Å². The number of hydrogen-bond donors (Lipinski definition) is 2. The molecule has 0 unspecified atom stereocenters. The van der Waals surface area contributed by atoms with E-state index in [-0.39, 0.29) is 0 Å². The standard InChI is InChI=1S/C28H24N4O3/c29-17-19-3-1-5-25(15-19)33-23-11-7-21(8-12-23)27-31-32-28(35-27)22-9-13-24(14-10-22)34-26-6-2-4-20(16-26)18-30/h1-16H,17-18,29-30H2. The van der Waals surface area contributed by atoms with Crippen LogP contribution in [-0.2, 0) is 13.1 Å². The van der Waals surface area contributed by atoms with Crippen LogP contribution in [0.15, 0.2) is 101 Å². The van der Waals surface area contributed by atoms with Crippen molar-refractivity contribution in [1.82, 2.24) is 10.2 Å². The van der Waals surface area contributed by atoms with Crippen LogP contribution in [0.4, 0.5) is 0 Å². The predicted molar refractivity (Wildman–Crippen MR) is 134 cm³/mol. The first-order valence-electron chi connectivity index (χ1n) is 11.2. The smallest absolute Gasteiger partial charge is 0.248 e. The van der Waals surface area contributed by atoms with E-state index in [1.165, 1.54) is 0 Å². The second-order valence-electron chi connectivity index (χ2n) is 7.87. The molecule has 0 radical (unpaired) electrons. The van der Waals surface area contributed by atoms with Crippen molar-refractivity contribution in [3.05, 3.63) is 108 Å². The van der Waals surface area contributed by atoms with Crippen LogP contribution in [0.2, 0.25) is 0 Å². The molecule has 1 aromatic heterocycles. The summed E-state index contributed by atoms with van der Waals surface area (Å²) in [6.07, 6.45) is 0. The van der Waals surface area contributed by atoms with Gasteiger partial charge in [-0.2, -0.15) is 0 Å². The molecule has 7 heteroatoms. The topological polar surface area (TPSA) is 109 Å². The van der Waals surface area contributed by atoms with Crippen molar-refractivity contribution in [2.24, 2.45) is 11.5 Å². The van der Waals surface area contributed by atoms with Crippen LogP contribution in [0.1, 0.15) is 11.1 Å². The average Bonchev–Trinajstić information content (AvgIpc) is 3.40. The number of benzene rings is 4. The van der Waals surface area contributed by atoms with Gasteiger partial charge in [0.05, 0.1) is 0 Å². The Morgan fingerprint density at radius 1 is 0.543 bits per heavy atom. The van der Waals surface area contributed by atoms with E-state index in [1.54, 1.807) is 0 Å². The summed E-state index contributed by atoms with van der Waals surface area (Å²) >= 11 is 0. The van der Waals surface area contributed by atoms with Crippen LogP contribution in [0.5, 0.6) is 23.0 Å². The quantitative estimate of drug-likeness (QED) is 0.294. The summed E-state index contributed by atoms with van der Waals surface area (Å²) in [5.74, 6) is 3.73. The van der Waals surface area contributed by atoms with Gasteiger partial charge in [0.15, 0.2) is 0 Å². The first-order valence-corrected chi connectivity index (χ1v) is 11.2. The van der Waals surface area contributed by atoms with Crippen LogP contribution < -0.4 is 20.9 Å². The summed E-state index contributed by atoms with van der Waals surface area (Å²) in [5, 5.41) is 8.39. The van der Waals surface area contributed by atoms with Gasteiger partial charge in [0, 0.05) is 24.2 Å². The van der Waals surface area contributed by atoms with Gasteiger partial charge in [-0.15, -0.1) is 10.2 Å². The second kappa shape index (κ2) is 10.2. The van der Waals surface area contributed by atoms with Gasteiger partial charge in [0.25, 0.3) is 0 Å². The van der Waals surface area contributed by atoms with Crippen LogP contribution in [0.3, 0.4) is 0 Å². The van der Waals surface area contributed by atoms with Crippen LogP contribution in [0.25, 0.3) is 22.9 Å². The van der Waals surface area contributed by atoms with E-state index in [0.717, 1.165) is 33.8 Å². The fourth-order valence-electron chi connectivity index (χ4n) is 3.53. The minimum Gasteiger partial charge on any atom is -0.457 e. The summed E-state index contributed by atoms with van der Waals surface area (Å²) in [4.78, 5) is 0. The van der Waals surface area contributed by atoms with Gasteiger partial charge in [0.2, 0.25) is 11.8 Å². The third-order valence-electron chi connectivity index (χ3n) is 5.37. The van der Waals surface area contributed by atoms with Gasteiger partial charge in [-0.3, -0.25) is 0 Å². The number of rotatable bonds is 8. The first-order chi connectivity index (χ1) is 17.2. The third kappa shape index (κ3) is 5.38. The zero-order chi connectivity index (χ0) is 24.0. The molecule has 7 nitrogen and oxygen atoms in total. The summed E-state index contributed by atoms with van der Waals surface area (Å²) in [5.41, 5.74) is 15.0. The molecular formula is C28H24N4O3. The molecule has 5 rings (SSSR count). The lowest BCUT2D eigenvalue weighted by Gasteiger charge is -2.07. The van der Waals surface area contributed by atoms with Crippen molar-refractivity contribution in [2.75, 3.05) is 0 Å². The summed E-state index contributed by atoms with van der Waals surface area (Å²) in [6.45, 7) is 0.933. The molecule has 0 fully saturated rings. The minimum atomic E-state index is 0.426. The summed E-state index contributed by atoms with van der Waals surface area (Å²) in [7, 11) is 0. The molecule has 0 aliphatic heterocycles. The fourth-order valence-corrected chi connectivity index (χ4v) is 3.53. The predicted octanol–water partition coefficient (Wildman–Crippen LogP) is 5.91. The molecule has 35 heavy (non-hydrogen) atoms. The van der Waals surface area contributed by atoms with E-state index in [1.807, 2.05) is 97.1 Å². The molecule has 0 aliphatic rings. The van der Waals surface area contributed by atoms with Gasteiger partial charge in [0.1, 0.15) is 23.0 Å². The van der Waals surface area contributed by atoms with Crippen molar-refractivity contribution in [3.63, 3.8) is 0 Å². The molecule has 4 aromatic carbocycles. The molecule has 0 aliphatic carbocycles.